The number of nitrogens with one attached hydrogen (secondary N) is 4. The fourth-order valence-electron chi connectivity index (χ4n) is 1.95. The molecule has 24 heavy (non-hydrogen) atoms. The van der Waals surface area contributed by atoms with Gasteiger partial charge >= 0.3 is 0 Å². The molecule has 0 radical (unpaired) electrons. The smallest absolute Gasteiger partial charge is 0.185 e. The Balaban J connectivity index is 1.58. The maximum Gasteiger partial charge on any atom is 0.185 e. The van der Waals surface area contributed by atoms with Crippen LogP contribution in [0.3, 0.4) is 0 Å². The van der Waals surface area contributed by atoms with Gasteiger partial charge in [0.15, 0.2) is 10.2 Å². The Hall–Kier alpha value is -1.89. The Kier molecular flexibility index (Phi) is 7.74. The molecule has 0 saturated heterocycles. The number of benzene rings is 2. The third-order valence-electron chi connectivity index (χ3n) is 3.20. The van der Waals surface area contributed by atoms with Crippen LogP contribution in [0.25, 0.3) is 0 Å². The molecule has 0 heterocycles. The van der Waals surface area contributed by atoms with Gasteiger partial charge in [-0.15, -0.1) is 0 Å². The lowest BCUT2D eigenvalue weighted by Crippen LogP contribution is -2.50. The second-order valence-corrected chi connectivity index (χ2v) is 6.30. The zero-order valence-corrected chi connectivity index (χ0v) is 15.4. The molecule has 0 aliphatic carbocycles. The van der Waals surface area contributed by atoms with E-state index >= 15 is 0 Å². The van der Waals surface area contributed by atoms with Gasteiger partial charge in [0, 0.05) is 18.1 Å². The van der Waals surface area contributed by atoms with E-state index in [1.807, 2.05) is 54.6 Å². The minimum absolute atomic E-state index is 0.487. The molecule has 0 aliphatic heterocycles. The molecule has 0 fully saturated rings. The van der Waals surface area contributed by atoms with Gasteiger partial charge in [0.25, 0.3) is 0 Å². The first-order chi connectivity index (χ1) is 11.6. The van der Waals surface area contributed by atoms with E-state index in [9.17, 15) is 0 Å². The Labute approximate surface area is 158 Å². The summed E-state index contributed by atoms with van der Waals surface area (Å²) in [6.07, 6.45) is 0.857. The predicted octanol–water partition coefficient (Wildman–Crippen LogP) is 2.93. The summed E-state index contributed by atoms with van der Waals surface area (Å²) in [5.41, 5.74) is 8.07. The van der Waals surface area contributed by atoms with E-state index in [1.54, 1.807) is 0 Å². The van der Waals surface area contributed by atoms with E-state index < -0.39 is 0 Å². The third kappa shape index (κ3) is 7.12. The van der Waals surface area contributed by atoms with Gasteiger partial charge < -0.3 is 10.6 Å². The summed E-state index contributed by atoms with van der Waals surface area (Å²) >= 11 is 16.2. The van der Waals surface area contributed by atoms with Crippen molar-refractivity contribution in [3.8, 4) is 0 Å². The summed E-state index contributed by atoms with van der Waals surface area (Å²) in [5, 5.41) is 7.93. The van der Waals surface area contributed by atoms with E-state index in [0.29, 0.717) is 16.8 Å². The maximum absolute atomic E-state index is 5.86. The normalized spacial score (nSPS) is 9.88. The fourth-order valence-corrected chi connectivity index (χ4v) is 2.35. The molecule has 0 spiro atoms. The molecular weight excluding hydrogens is 360 g/mol. The van der Waals surface area contributed by atoms with Crippen LogP contribution in [0.4, 0.5) is 0 Å². The molecule has 0 atom stereocenters. The minimum atomic E-state index is 0.487. The molecule has 126 valence electrons. The van der Waals surface area contributed by atoms with Crippen molar-refractivity contribution in [1.29, 1.82) is 0 Å². The van der Waals surface area contributed by atoms with Crippen LogP contribution in [0, 0.1) is 0 Å². The van der Waals surface area contributed by atoms with Crippen LogP contribution in [-0.2, 0) is 13.0 Å². The molecule has 2 aromatic carbocycles. The van der Waals surface area contributed by atoms with E-state index in [2.05, 4.69) is 21.5 Å². The monoisotopic (exact) mass is 378 g/mol. The van der Waals surface area contributed by atoms with Crippen LogP contribution in [-0.4, -0.2) is 16.8 Å². The van der Waals surface area contributed by atoms with Gasteiger partial charge in [-0.05, 0) is 54.1 Å². The van der Waals surface area contributed by atoms with Gasteiger partial charge in [0.05, 0.1) is 0 Å². The highest BCUT2D eigenvalue weighted by molar-refractivity contribution is 7.80. The number of thiocarbonyl (C=S) groups is 2. The van der Waals surface area contributed by atoms with Gasteiger partial charge in [-0.2, -0.15) is 0 Å². The molecule has 2 rings (SSSR count). The standard InChI is InChI=1S/C17H19ClN4S2/c18-15-8-6-13(7-9-15)10-11-19-16(23)21-22-17(24)20-12-14-4-2-1-3-5-14/h1-9H,10-12H2,(H2,19,21,23)(H2,20,22,24). The average molecular weight is 379 g/mol. The molecule has 7 heteroatoms. The SMILES string of the molecule is S=C(NCCc1ccc(Cl)cc1)NNC(=S)NCc1ccccc1. The van der Waals surface area contributed by atoms with Crippen molar-refractivity contribution in [2.24, 2.45) is 0 Å². The summed E-state index contributed by atoms with van der Waals surface area (Å²) in [6, 6.07) is 17.8. The van der Waals surface area contributed by atoms with Gasteiger partial charge in [-0.3, -0.25) is 10.9 Å². The molecule has 0 saturated carbocycles. The lowest BCUT2D eigenvalue weighted by atomic mass is 10.1. The van der Waals surface area contributed by atoms with Crippen molar-refractivity contribution in [2.45, 2.75) is 13.0 Å². The van der Waals surface area contributed by atoms with Crippen molar-refractivity contribution in [3.63, 3.8) is 0 Å². The fraction of sp³-hybridized carbons (Fsp3) is 0.176. The summed E-state index contributed by atoms with van der Waals surface area (Å²) < 4.78 is 0. The zero-order chi connectivity index (χ0) is 17.2. The van der Waals surface area contributed by atoms with Crippen LogP contribution in [0.2, 0.25) is 5.02 Å². The summed E-state index contributed by atoms with van der Waals surface area (Å²) in [7, 11) is 0. The minimum Gasteiger partial charge on any atom is -0.361 e. The molecule has 0 bridgehead atoms. The number of hydrogen-bond donors (Lipinski definition) is 4. The zero-order valence-electron chi connectivity index (χ0n) is 13.0. The van der Waals surface area contributed by atoms with Crippen molar-refractivity contribution in [2.75, 3.05) is 6.54 Å². The first-order valence-corrected chi connectivity index (χ1v) is 8.69. The van der Waals surface area contributed by atoms with Gasteiger partial charge in [0.2, 0.25) is 0 Å². The number of hydrogen-bond acceptors (Lipinski definition) is 2. The number of halogens is 1. The quantitative estimate of drug-likeness (QED) is 0.474. The number of rotatable bonds is 5. The summed E-state index contributed by atoms with van der Waals surface area (Å²) in [5.74, 6) is 0. The van der Waals surface area contributed by atoms with Crippen LogP contribution < -0.4 is 21.5 Å². The van der Waals surface area contributed by atoms with E-state index in [1.165, 1.54) is 5.56 Å². The molecule has 0 aliphatic rings. The molecule has 0 amide bonds. The topological polar surface area (TPSA) is 48.1 Å². The highest BCUT2D eigenvalue weighted by atomic mass is 35.5. The third-order valence-corrected chi connectivity index (χ3v) is 3.94. The molecule has 0 aromatic heterocycles. The molecule has 4 N–H and O–H groups in total. The van der Waals surface area contributed by atoms with Crippen LogP contribution >= 0.6 is 36.0 Å². The van der Waals surface area contributed by atoms with E-state index in [-0.39, 0.29) is 0 Å². The summed E-state index contributed by atoms with van der Waals surface area (Å²) in [6.45, 7) is 1.38. The molecule has 4 nitrogen and oxygen atoms in total. The molecular formula is C17H19ClN4S2. The molecule has 0 unspecified atom stereocenters. The average Bonchev–Trinajstić information content (AvgIpc) is 2.61. The van der Waals surface area contributed by atoms with Crippen molar-refractivity contribution in [3.05, 3.63) is 70.7 Å². The van der Waals surface area contributed by atoms with Crippen LogP contribution in [0.15, 0.2) is 54.6 Å². The van der Waals surface area contributed by atoms with Gasteiger partial charge in [0.1, 0.15) is 0 Å². The van der Waals surface area contributed by atoms with E-state index in [0.717, 1.165) is 23.6 Å². The predicted molar refractivity (Wildman–Crippen MR) is 108 cm³/mol. The van der Waals surface area contributed by atoms with Crippen molar-refractivity contribution in [1.82, 2.24) is 21.5 Å². The first-order valence-electron chi connectivity index (χ1n) is 7.49. The second kappa shape index (κ2) is 10.1. The Morgan fingerprint density at radius 1 is 0.792 bits per heavy atom. The molecule has 2 aromatic rings. The van der Waals surface area contributed by atoms with Crippen LogP contribution in [0.5, 0.6) is 0 Å². The largest absolute Gasteiger partial charge is 0.361 e. The number of hydrazine groups is 1. The lowest BCUT2D eigenvalue weighted by Gasteiger charge is -2.14. The second-order valence-electron chi connectivity index (χ2n) is 5.05. The van der Waals surface area contributed by atoms with E-state index in [4.69, 9.17) is 36.0 Å². The Bertz CT molecular complexity index is 662. The van der Waals surface area contributed by atoms with Gasteiger partial charge in [-0.1, -0.05) is 54.1 Å². The van der Waals surface area contributed by atoms with Crippen molar-refractivity contribution < 1.29 is 0 Å². The highest BCUT2D eigenvalue weighted by Crippen LogP contribution is 2.09. The maximum atomic E-state index is 5.86. The lowest BCUT2D eigenvalue weighted by molar-refractivity contribution is 0.768. The highest BCUT2D eigenvalue weighted by Gasteiger charge is 1.99. The van der Waals surface area contributed by atoms with Crippen LogP contribution in [0.1, 0.15) is 11.1 Å². The Morgan fingerprint density at radius 3 is 2.08 bits per heavy atom. The Morgan fingerprint density at radius 2 is 1.42 bits per heavy atom. The first kappa shape index (κ1) is 18.4. The van der Waals surface area contributed by atoms with Gasteiger partial charge in [-0.25, -0.2) is 0 Å². The summed E-state index contributed by atoms with van der Waals surface area (Å²) in [4.78, 5) is 0. The van der Waals surface area contributed by atoms with Crippen molar-refractivity contribution >= 4 is 46.3 Å².